The van der Waals surface area contributed by atoms with Gasteiger partial charge in [-0.2, -0.15) is 0 Å². The Hall–Kier alpha value is -0.500. The number of aryl methyl sites for hydroxylation is 1. The predicted molar refractivity (Wildman–Crippen MR) is 82.5 cm³/mol. The number of nitrogens with one attached hydrogen (secondary N) is 2. The topological polar surface area (TPSA) is 71.1 Å². The molecule has 2 N–H and O–H groups in total. The molecule has 1 aromatic rings. The average molecular weight is 317 g/mol. The molecule has 1 aromatic heterocycles. The summed E-state index contributed by atoms with van der Waals surface area (Å²) in [5, 5.41) is 4.16. The van der Waals surface area contributed by atoms with E-state index in [4.69, 9.17) is 0 Å². The molecule has 20 heavy (non-hydrogen) atoms. The van der Waals surface area contributed by atoms with Gasteiger partial charge in [-0.05, 0) is 39.2 Å². The van der Waals surface area contributed by atoms with Crippen molar-refractivity contribution in [2.45, 2.75) is 51.6 Å². The van der Waals surface area contributed by atoms with E-state index in [9.17, 15) is 8.42 Å². The quantitative estimate of drug-likeness (QED) is 0.682. The first-order valence-corrected chi connectivity index (χ1v) is 9.65. The Bertz CT molecular complexity index is 523. The van der Waals surface area contributed by atoms with Gasteiger partial charge in [0.05, 0.1) is 11.8 Å². The molecule has 2 rings (SSSR count). The summed E-state index contributed by atoms with van der Waals surface area (Å²) in [5.41, 5.74) is 0. The third kappa shape index (κ3) is 5.12. The smallest absolute Gasteiger partial charge is 0.212 e. The first-order valence-electron chi connectivity index (χ1n) is 7.18. The maximum atomic E-state index is 12.0. The molecule has 0 spiro atoms. The van der Waals surface area contributed by atoms with E-state index < -0.39 is 10.0 Å². The highest BCUT2D eigenvalue weighted by molar-refractivity contribution is 7.89. The van der Waals surface area contributed by atoms with Crippen molar-refractivity contribution < 1.29 is 8.42 Å². The molecule has 1 heterocycles. The average Bonchev–Trinajstić information content (AvgIpc) is 3.08. The molecular weight excluding hydrogens is 294 g/mol. The van der Waals surface area contributed by atoms with E-state index in [0.717, 1.165) is 18.0 Å². The van der Waals surface area contributed by atoms with Crippen molar-refractivity contribution in [2.75, 3.05) is 12.3 Å². The Balaban J connectivity index is 1.76. The number of hydrogen-bond donors (Lipinski definition) is 2. The van der Waals surface area contributed by atoms with Crippen LogP contribution in [0.25, 0.3) is 0 Å². The minimum Gasteiger partial charge on any atom is -0.314 e. The number of sulfonamides is 1. The Morgan fingerprint density at radius 3 is 2.85 bits per heavy atom. The zero-order valence-corrected chi connectivity index (χ0v) is 13.7. The zero-order valence-electron chi connectivity index (χ0n) is 12.1. The maximum Gasteiger partial charge on any atom is 0.212 e. The van der Waals surface area contributed by atoms with Gasteiger partial charge >= 0.3 is 0 Å². The lowest BCUT2D eigenvalue weighted by Crippen LogP contribution is -2.30. The van der Waals surface area contributed by atoms with Gasteiger partial charge in [-0.1, -0.05) is 6.92 Å². The Kier molecular flexibility index (Phi) is 5.54. The lowest BCUT2D eigenvalue weighted by atomic mass is 10.4. The van der Waals surface area contributed by atoms with E-state index >= 15 is 0 Å². The first kappa shape index (κ1) is 15.9. The second kappa shape index (κ2) is 6.98. The predicted octanol–water partition coefficient (Wildman–Crippen LogP) is 1.83. The molecule has 7 heteroatoms. The fraction of sp³-hybridized carbons (Fsp3) is 0.769. The van der Waals surface area contributed by atoms with Gasteiger partial charge in [0.15, 0.2) is 0 Å². The van der Waals surface area contributed by atoms with Crippen LogP contribution in [0.15, 0.2) is 6.20 Å². The number of nitrogens with zero attached hydrogens (tertiary/aromatic N) is 1. The van der Waals surface area contributed by atoms with E-state index in [2.05, 4.69) is 21.9 Å². The molecule has 1 fully saturated rings. The van der Waals surface area contributed by atoms with Crippen LogP contribution in [0.4, 0.5) is 0 Å². The largest absolute Gasteiger partial charge is 0.314 e. The van der Waals surface area contributed by atoms with Gasteiger partial charge in [-0.25, -0.2) is 18.1 Å². The summed E-state index contributed by atoms with van der Waals surface area (Å²) in [6, 6.07) is 0.383. The highest BCUT2D eigenvalue weighted by atomic mass is 32.2. The molecule has 0 bridgehead atoms. The summed E-state index contributed by atoms with van der Waals surface area (Å²) < 4.78 is 26.7. The summed E-state index contributed by atoms with van der Waals surface area (Å²) in [5.74, 6) is 0.170. The molecular formula is C13H23N3O2S2. The van der Waals surface area contributed by atoms with Crippen molar-refractivity contribution in [3.8, 4) is 0 Å². The number of aromatic nitrogens is 1. The zero-order chi connectivity index (χ0) is 14.6. The van der Waals surface area contributed by atoms with Crippen molar-refractivity contribution in [3.05, 3.63) is 16.1 Å². The standard InChI is InChI=1S/C13H23N3O2S2/c1-3-12-9-15-13(19-12)10(2)16-20(17,18)8-4-7-14-11-5-6-11/h9-11,14,16H,3-8H2,1-2H3. The van der Waals surface area contributed by atoms with E-state index in [1.165, 1.54) is 17.7 Å². The summed E-state index contributed by atoms with van der Waals surface area (Å²) in [4.78, 5) is 5.46. The van der Waals surface area contributed by atoms with Crippen molar-refractivity contribution in [1.82, 2.24) is 15.0 Å². The minimum atomic E-state index is -3.23. The van der Waals surface area contributed by atoms with Crippen LogP contribution in [0.1, 0.15) is 49.0 Å². The van der Waals surface area contributed by atoms with Crippen molar-refractivity contribution in [3.63, 3.8) is 0 Å². The lowest BCUT2D eigenvalue weighted by molar-refractivity contribution is 0.560. The van der Waals surface area contributed by atoms with Crippen LogP contribution < -0.4 is 10.0 Å². The highest BCUT2D eigenvalue weighted by Crippen LogP contribution is 2.21. The van der Waals surface area contributed by atoms with E-state index in [1.807, 2.05) is 13.1 Å². The molecule has 1 saturated carbocycles. The van der Waals surface area contributed by atoms with Crippen LogP contribution in [0, 0.1) is 0 Å². The third-order valence-corrected chi connectivity index (χ3v) is 6.11. The number of hydrogen-bond acceptors (Lipinski definition) is 5. The van der Waals surface area contributed by atoms with Gasteiger partial charge < -0.3 is 5.32 Å². The molecule has 1 unspecified atom stereocenters. The van der Waals surface area contributed by atoms with Crippen LogP contribution in [-0.2, 0) is 16.4 Å². The number of thiazole rings is 1. The summed E-state index contributed by atoms with van der Waals surface area (Å²) in [6.45, 7) is 4.69. The molecule has 1 atom stereocenters. The Labute approximate surface area is 125 Å². The molecule has 0 amide bonds. The highest BCUT2D eigenvalue weighted by Gasteiger charge is 2.21. The summed E-state index contributed by atoms with van der Waals surface area (Å²) in [6.07, 6.45) is 5.86. The second-order valence-electron chi connectivity index (χ2n) is 5.26. The molecule has 5 nitrogen and oxygen atoms in total. The molecule has 0 saturated heterocycles. The fourth-order valence-corrected chi connectivity index (χ4v) is 4.15. The van der Waals surface area contributed by atoms with Gasteiger partial charge in [-0.3, -0.25) is 0 Å². The van der Waals surface area contributed by atoms with Gasteiger partial charge in [0.25, 0.3) is 0 Å². The second-order valence-corrected chi connectivity index (χ2v) is 8.28. The van der Waals surface area contributed by atoms with Gasteiger partial charge in [-0.15, -0.1) is 11.3 Å². The molecule has 1 aliphatic rings. The van der Waals surface area contributed by atoms with Crippen molar-refractivity contribution in [1.29, 1.82) is 0 Å². The van der Waals surface area contributed by atoms with Gasteiger partial charge in [0.1, 0.15) is 5.01 Å². The molecule has 0 aliphatic heterocycles. The normalized spacial score (nSPS) is 17.3. The number of rotatable bonds is 9. The fourth-order valence-electron chi connectivity index (χ4n) is 1.92. The van der Waals surface area contributed by atoms with Crippen LogP contribution in [0.3, 0.4) is 0 Å². The van der Waals surface area contributed by atoms with Crippen LogP contribution >= 0.6 is 11.3 Å². The molecule has 0 aromatic carbocycles. The van der Waals surface area contributed by atoms with Crippen LogP contribution in [0.2, 0.25) is 0 Å². The van der Waals surface area contributed by atoms with E-state index in [-0.39, 0.29) is 11.8 Å². The summed E-state index contributed by atoms with van der Waals surface area (Å²) >= 11 is 1.57. The lowest BCUT2D eigenvalue weighted by Gasteiger charge is -2.12. The maximum absolute atomic E-state index is 12.0. The SMILES string of the molecule is CCc1cnc(C(C)NS(=O)(=O)CCCNC2CC2)s1. The third-order valence-electron chi connectivity index (χ3n) is 3.25. The van der Waals surface area contributed by atoms with Crippen LogP contribution in [-0.4, -0.2) is 31.7 Å². The Morgan fingerprint density at radius 2 is 2.25 bits per heavy atom. The van der Waals surface area contributed by atoms with Gasteiger partial charge in [0, 0.05) is 17.1 Å². The molecule has 114 valence electrons. The van der Waals surface area contributed by atoms with Crippen molar-refractivity contribution in [2.24, 2.45) is 0 Å². The minimum absolute atomic E-state index is 0.170. The Morgan fingerprint density at radius 1 is 1.50 bits per heavy atom. The van der Waals surface area contributed by atoms with Crippen LogP contribution in [0.5, 0.6) is 0 Å². The summed E-state index contributed by atoms with van der Waals surface area (Å²) in [7, 11) is -3.23. The van der Waals surface area contributed by atoms with Crippen molar-refractivity contribution >= 4 is 21.4 Å². The molecule has 1 aliphatic carbocycles. The van der Waals surface area contributed by atoms with E-state index in [0.29, 0.717) is 12.5 Å². The first-order chi connectivity index (χ1) is 9.50. The monoisotopic (exact) mass is 317 g/mol. The molecule has 0 radical (unpaired) electrons. The van der Waals surface area contributed by atoms with Gasteiger partial charge in [0.2, 0.25) is 10.0 Å². The van der Waals surface area contributed by atoms with E-state index in [1.54, 1.807) is 11.3 Å².